The standard InChI is InChI=1S/C14H16N2S/c15-14(13-16-9-10-17-13)8-4-3-6-11-5-1-2-7-12(11)14/h1-2,5,7,9-10H,3-4,6,8,15H2. The van der Waals surface area contributed by atoms with E-state index in [0.717, 1.165) is 17.8 Å². The van der Waals surface area contributed by atoms with Gasteiger partial charge in [0.25, 0.3) is 0 Å². The number of hydrogen-bond donors (Lipinski definition) is 1. The second-order valence-electron chi connectivity index (χ2n) is 4.67. The predicted molar refractivity (Wildman–Crippen MR) is 71.1 cm³/mol. The van der Waals surface area contributed by atoms with Crippen molar-refractivity contribution in [1.29, 1.82) is 0 Å². The minimum atomic E-state index is -0.374. The highest BCUT2D eigenvalue weighted by Crippen LogP contribution is 2.38. The summed E-state index contributed by atoms with van der Waals surface area (Å²) < 4.78 is 0. The van der Waals surface area contributed by atoms with Crippen molar-refractivity contribution in [3.8, 4) is 0 Å². The molecule has 3 rings (SSSR count). The highest BCUT2D eigenvalue weighted by atomic mass is 32.1. The van der Waals surface area contributed by atoms with Crippen LogP contribution in [-0.2, 0) is 12.0 Å². The van der Waals surface area contributed by atoms with Crippen molar-refractivity contribution in [2.45, 2.75) is 31.2 Å². The highest BCUT2D eigenvalue weighted by molar-refractivity contribution is 7.09. The molecule has 0 aliphatic heterocycles. The maximum absolute atomic E-state index is 6.68. The molecule has 2 nitrogen and oxygen atoms in total. The number of fused-ring (bicyclic) bond motifs is 1. The number of rotatable bonds is 1. The van der Waals surface area contributed by atoms with Gasteiger partial charge >= 0.3 is 0 Å². The Morgan fingerprint density at radius 2 is 2.12 bits per heavy atom. The molecule has 1 aliphatic carbocycles. The lowest BCUT2D eigenvalue weighted by molar-refractivity contribution is 0.477. The molecule has 17 heavy (non-hydrogen) atoms. The van der Waals surface area contributed by atoms with E-state index in [1.165, 1.54) is 24.0 Å². The van der Waals surface area contributed by atoms with Crippen LogP contribution in [0.15, 0.2) is 35.8 Å². The van der Waals surface area contributed by atoms with Gasteiger partial charge in [-0.1, -0.05) is 30.7 Å². The zero-order chi connectivity index (χ0) is 11.7. The van der Waals surface area contributed by atoms with Crippen LogP contribution in [0, 0.1) is 0 Å². The van der Waals surface area contributed by atoms with Crippen LogP contribution in [0.1, 0.15) is 35.4 Å². The third-order valence-electron chi connectivity index (χ3n) is 3.58. The van der Waals surface area contributed by atoms with Gasteiger partial charge in [0.1, 0.15) is 5.01 Å². The summed E-state index contributed by atoms with van der Waals surface area (Å²) in [5.41, 5.74) is 8.97. The van der Waals surface area contributed by atoms with E-state index in [-0.39, 0.29) is 5.54 Å². The summed E-state index contributed by atoms with van der Waals surface area (Å²) in [5.74, 6) is 0. The third-order valence-corrected chi connectivity index (χ3v) is 4.53. The fraction of sp³-hybridized carbons (Fsp3) is 0.357. The van der Waals surface area contributed by atoms with Crippen molar-refractivity contribution in [2.75, 3.05) is 0 Å². The van der Waals surface area contributed by atoms with E-state index in [9.17, 15) is 0 Å². The Hall–Kier alpha value is -1.19. The molecule has 1 aromatic heterocycles. The van der Waals surface area contributed by atoms with Crippen LogP contribution in [0.25, 0.3) is 0 Å². The summed E-state index contributed by atoms with van der Waals surface area (Å²) in [6.07, 6.45) is 6.38. The SMILES string of the molecule is NC1(c2nccs2)CCCCc2ccccc21. The monoisotopic (exact) mass is 244 g/mol. The van der Waals surface area contributed by atoms with Crippen molar-refractivity contribution >= 4 is 11.3 Å². The number of aromatic nitrogens is 1. The van der Waals surface area contributed by atoms with Gasteiger partial charge in [0.05, 0.1) is 5.54 Å². The molecule has 0 radical (unpaired) electrons. The molecule has 1 aliphatic rings. The second-order valence-corrected chi connectivity index (χ2v) is 5.57. The molecule has 88 valence electrons. The van der Waals surface area contributed by atoms with E-state index in [2.05, 4.69) is 29.2 Å². The average molecular weight is 244 g/mol. The minimum Gasteiger partial charge on any atom is -0.316 e. The van der Waals surface area contributed by atoms with Gasteiger partial charge in [0.2, 0.25) is 0 Å². The maximum atomic E-state index is 6.68. The van der Waals surface area contributed by atoms with Crippen LogP contribution in [0.3, 0.4) is 0 Å². The third kappa shape index (κ3) is 1.79. The summed E-state index contributed by atoms with van der Waals surface area (Å²) in [4.78, 5) is 4.45. The van der Waals surface area contributed by atoms with Gasteiger partial charge in [0, 0.05) is 11.6 Å². The van der Waals surface area contributed by atoms with Crippen LogP contribution in [0.5, 0.6) is 0 Å². The molecule has 1 heterocycles. The fourth-order valence-electron chi connectivity index (χ4n) is 2.69. The summed E-state index contributed by atoms with van der Waals surface area (Å²) in [5, 5.41) is 3.06. The van der Waals surface area contributed by atoms with Gasteiger partial charge in [0.15, 0.2) is 0 Å². The zero-order valence-corrected chi connectivity index (χ0v) is 10.5. The first kappa shape index (κ1) is 10.9. The molecular weight excluding hydrogens is 228 g/mol. The molecule has 0 amide bonds. The molecule has 2 aromatic rings. The summed E-state index contributed by atoms with van der Waals surface area (Å²) in [6, 6.07) is 8.56. The quantitative estimate of drug-likeness (QED) is 0.783. The Balaban J connectivity index is 2.17. The lowest BCUT2D eigenvalue weighted by atomic mass is 9.86. The first-order valence-electron chi connectivity index (χ1n) is 6.08. The van der Waals surface area contributed by atoms with Gasteiger partial charge in [-0.15, -0.1) is 11.3 Å². The van der Waals surface area contributed by atoms with E-state index >= 15 is 0 Å². The molecule has 0 fully saturated rings. The topological polar surface area (TPSA) is 38.9 Å². The number of nitrogens with zero attached hydrogens (tertiary/aromatic N) is 1. The molecule has 0 spiro atoms. The minimum absolute atomic E-state index is 0.374. The van der Waals surface area contributed by atoms with Gasteiger partial charge < -0.3 is 5.73 Å². The molecule has 0 saturated heterocycles. The Bertz CT molecular complexity index is 507. The molecule has 2 N–H and O–H groups in total. The number of aryl methyl sites for hydroxylation is 1. The Kier molecular flexibility index (Phi) is 2.73. The van der Waals surface area contributed by atoms with Crippen molar-refractivity contribution in [2.24, 2.45) is 5.73 Å². The van der Waals surface area contributed by atoms with Crippen molar-refractivity contribution < 1.29 is 0 Å². The van der Waals surface area contributed by atoms with Crippen molar-refractivity contribution in [3.63, 3.8) is 0 Å². The maximum Gasteiger partial charge on any atom is 0.117 e. The molecule has 1 atom stereocenters. The zero-order valence-electron chi connectivity index (χ0n) is 9.73. The summed E-state index contributed by atoms with van der Waals surface area (Å²) in [7, 11) is 0. The van der Waals surface area contributed by atoms with Crippen molar-refractivity contribution in [1.82, 2.24) is 4.98 Å². The molecule has 0 saturated carbocycles. The molecule has 1 unspecified atom stereocenters. The first-order chi connectivity index (χ1) is 8.31. The number of hydrogen-bond acceptors (Lipinski definition) is 3. The van der Waals surface area contributed by atoms with Crippen molar-refractivity contribution in [3.05, 3.63) is 52.0 Å². The molecule has 3 heteroatoms. The number of nitrogens with two attached hydrogens (primary N) is 1. The van der Waals surface area contributed by atoms with Crippen LogP contribution in [-0.4, -0.2) is 4.98 Å². The number of benzene rings is 1. The first-order valence-corrected chi connectivity index (χ1v) is 6.96. The Morgan fingerprint density at radius 3 is 2.94 bits per heavy atom. The van der Waals surface area contributed by atoms with E-state index < -0.39 is 0 Å². The predicted octanol–water partition coefficient (Wildman–Crippen LogP) is 3.07. The largest absolute Gasteiger partial charge is 0.316 e. The Labute approximate surface area is 106 Å². The van der Waals surface area contributed by atoms with Gasteiger partial charge in [-0.3, -0.25) is 0 Å². The van der Waals surface area contributed by atoms with E-state index in [1.807, 2.05) is 11.6 Å². The van der Waals surface area contributed by atoms with E-state index in [4.69, 9.17) is 5.73 Å². The average Bonchev–Trinajstić information content (AvgIpc) is 2.84. The van der Waals surface area contributed by atoms with Gasteiger partial charge in [-0.2, -0.15) is 0 Å². The highest BCUT2D eigenvalue weighted by Gasteiger charge is 2.34. The smallest absolute Gasteiger partial charge is 0.117 e. The normalized spacial score (nSPS) is 24.1. The molecule has 0 bridgehead atoms. The van der Waals surface area contributed by atoms with Crippen LogP contribution in [0.2, 0.25) is 0 Å². The Morgan fingerprint density at radius 1 is 1.24 bits per heavy atom. The second kappa shape index (κ2) is 4.24. The van der Waals surface area contributed by atoms with Gasteiger partial charge in [-0.25, -0.2) is 4.98 Å². The summed E-state index contributed by atoms with van der Waals surface area (Å²) in [6.45, 7) is 0. The molecule has 1 aromatic carbocycles. The van der Waals surface area contributed by atoms with E-state index in [0.29, 0.717) is 0 Å². The lowest BCUT2D eigenvalue weighted by Crippen LogP contribution is -2.38. The number of thiazole rings is 1. The van der Waals surface area contributed by atoms with Crippen LogP contribution >= 0.6 is 11.3 Å². The van der Waals surface area contributed by atoms with E-state index in [1.54, 1.807) is 11.3 Å². The van der Waals surface area contributed by atoms with Gasteiger partial charge in [-0.05, 0) is 30.4 Å². The van der Waals surface area contributed by atoms with Crippen LogP contribution < -0.4 is 5.73 Å². The fourth-order valence-corrected chi connectivity index (χ4v) is 3.49. The molecular formula is C14H16N2S. The summed E-state index contributed by atoms with van der Waals surface area (Å²) >= 11 is 1.67. The lowest BCUT2D eigenvalue weighted by Gasteiger charge is -2.28. The van der Waals surface area contributed by atoms with Crippen LogP contribution in [0.4, 0.5) is 0 Å².